The van der Waals surface area contributed by atoms with E-state index in [2.05, 4.69) is 9.71 Å². The van der Waals surface area contributed by atoms with E-state index in [9.17, 15) is 13.2 Å². The average molecular weight is 347 g/mol. The maximum Gasteiger partial charge on any atom is 0.263 e. The molecule has 126 valence electrons. The highest BCUT2D eigenvalue weighted by Gasteiger charge is 2.21. The molecule has 0 saturated carbocycles. The Balaban J connectivity index is 1.83. The number of hydrogen-bond acceptors (Lipinski definition) is 5. The molecule has 24 heavy (non-hydrogen) atoms. The van der Waals surface area contributed by atoms with E-state index in [1.54, 1.807) is 35.2 Å². The van der Waals surface area contributed by atoms with E-state index in [-0.39, 0.29) is 16.6 Å². The molecule has 1 aliphatic rings. The van der Waals surface area contributed by atoms with Crippen molar-refractivity contribution in [1.82, 2.24) is 9.88 Å². The minimum absolute atomic E-state index is 0.0206. The van der Waals surface area contributed by atoms with Crippen molar-refractivity contribution in [2.75, 3.05) is 31.0 Å². The van der Waals surface area contributed by atoms with Crippen LogP contribution in [0.5, 0.6) is 0 Å². The van der Waals surface area contributed by atoms with Gasteiger partial charge in [0.05, 0.1) is 18.1 Å². The zero-order valence-electron chi connectivity index (χ0n) is 12.9. The molecule has 2 heterocycles. The van der Waals surface area contributed by atoms with Crippen LogP contribution in [-0.2, 0) is 14.8 Å². The highest BCUT2D eigenvalue weighted by molar-refractivity contribution is 7.92. The standard InChI is InChI=1S/C16H17N3O4S/c20-16(19-8-10-23-11-9-19)13-4-3-5-14(12-13)24(21,22)18-15-6-1-2-7-17-15/h1-7,12H,8-11H2,(H,17,18). The lowest BCUT2D eigenvalue weighted by Crippen LogP contribution is -2.40. The first-order valence-corrected chi connectivity index (χ1v) is 8.95. The van der Waals surface area contributed by atoms with Crippen LogP contribution >= 0.6 is 0 Å². The maximum atomic E-state index is 12.5. The van der Waals surface area contributed by atoms with Crippen molar-refractivity contribution in [1.29, 1.82) is 0 Å². The largest absolute Gasteiger partial charge is 0.378 e. The SMILES string of the molecule is O=C(c1cccc(S(=O)(=O)Nc2ccccn2)c1)N1CCOCC1. The number of hydrogen-bond donors (Lipinski definition) is 1. The van der Waals surface area contributed by atoms with E-state index in [1.807, 2.05) is 0 Å². The number of carbonyl (C=O) groups is 1. The lowest BCUT2D eigenvalue weighted by atomic mass is 10.2. The number of ether oxygens (including phenoxy) is 1. The smallest absolute Gasteiger partial charge is 0.263 e. The molecule has 2 aromatic rings. The minimum atomic E-state index is -3.81. The van der Waals surface area contributed by atoms with E-state index in [0.29, 0.717) is 31.9 Å². The zero-order chi connectivity index (χ0) is 17.0. The van der Waals surface area contributed by atoms with E-state index in [4.69, 9.17) is 4.74 Å². The van der Waals surface area contributed by atoms with Gasteiger partial charge in [0.25, 0.3) is 15.9 Å². The number of benzene rings is 1. The summed E-state index contributed by atoms with van der Waals surface area (Å²) < 4.78 is 32.5. The molecule has 8 heteroatoms. The predicted octanol–water partition coefficient (Wildman–Crippen LogP) is 1.35. The molecule has 1 aromatic heterocycles. The molecule has 7 nitrogen and oxygen atoms in total. The Morgan fingerprint density at radius 2 is 1.92 bits per heavy atom. The highest BCUT2D eigenvalue weighted by atomic mass is 32.2. The second-order valence-electron chi connectivity index (χ2n) is 5.25. The maximum absolute atomic E-state index is 12.5. The monoisotopic (exact) mass is 347 g/mol. The van der Waals surface area contributed by atoms with Crippen molar-refractivity contribution in [2.24, 2.45) is 0 Å². The van der Waals surface area contributed by atoms with Crippen molar-refractivity contribution in [3.8, 4) is 0 Å². The van der Waals surface area contributed by atoms with Gasteiger partial charge in [-0.15, -0.1) is 0 Å². The molecule has 1 fully saturated rings. The summed E-state index contributed by atoms with van der Waals surface area (Å²) in [6.07, 6.45) is 1.50. The summed E-state index contributed by atoms with van der Waals surface area (Å²) >= 11 is 0. The molecule has 1 saturated heterocycles. The van der Waals surface area contributed by atoms with Crippen molar-refractivity contribution in [3.63, 3.8) is 0 Å². The fourth-order valence-corrected chi connectivity index (χ4v) is 3.42. The number of anilines is 1. The van der Waals surface area contributed by atoms with Crippen LogP contribution in [0.2, 0.25) is 0 Å². The second-order valence-corrected chi connectivity index (χ2v) is 6.94. The summed E-state index contributed by atoms with van der Waals surface area (Å²) in [7, 11) is -3.81. The number of rotatable bonds is 4. The van der Waals surface area contributed by atoms with Gasteiger partial charge in [-0.05, 0) is 30.3 Å². The van der Waals surface area contributed by atoms with Gasteiger partial charge in [0.2, 0.25) is 0 Å². The molecule has 1 amide bonds. The van der Waals surface area contributed by atoms with E-state index < -0.39 is 10.0 Å². The number of aromatic nitrogens is 1. The number of pyridine rings is 1. The Kier molecular flexibility index (Phi) is 4.77. The molecule has 0 atom stereocenters. The van der Waals surface area contributed by atoms with Crippen molar-refractivity contribution in [3.05, 3.63) is 54.2 Å². The molecule has 0 spiro atoms. The van der Waals surface area contributed by atoms with Gasteiger partial charge in [-0.3, -0.25) is 9.52 Å². The number of sulfonamides is 1. The van der Waals surface area contributed by atoms with Gasteiger partial charge in [0, 0.05) is 24.8 Å². The van der Waals surface area contributed by atoms with Crippen LogP contribution in [0.1, 0.15) is 10.4 Å². The van der Waals surface area contributed by atoms with Crippen molar-refractivity contribution in [2.45, 2.75) is 4.90 Å². The van der Waals surface area contributed by atoms with Gasteiger partial charge in [-0.1, -0.05) is 12.1 Å². The molecular weight excluding hydrogens is 330 g/mol. The predicted molar refractivity (Wildman–Crippen MR) is 88.2 cm³/mol. The molecule has 1 N–H and O–H groups in total. The highest BCUT2D eigenvalue weighted by Crippen LogP contribution is 2.17. The Labute approximate surface area is 140 Å². The third kappa shape index (κ3) is 3.72. The molecule has 0 radical (unpaired) electrons. The molecule has 3 rings (SSSR count). The Hall–Kier alpha value is -2.45. The Morgan fingerprint density at radius 3 is 2.62 bits per heavy atom. The van der Waals surface area contributed by atoms with Crippen LogP contribution in [0.3, 0.4) is 0 Å². The Morgan fingerprint density at radius 1 is 1.12 bits per heavy atom. The van der Waals surface area contributed by atoms with Gasteiger partial charge < -0.3 is 9.64 Å². The van der Waals surface area contributed by atoms with Gasteiger partial charge in [-0.2, -0.15) is 0 Å². The number of morpholine rings is 1. The number of nitrogens with zero attached hydrogens (tertiary/aromatic N) is 2. The number of nitrogens with one attached hydrogen (secondary N) is 1. The van der Waals surface area contributed by atoms with Crippen LogP contribution in [0.25, 0.3) is 0 Å². The minimum Gasteiger partial charge on any atom is -0.378 e. The van der Waals surface area contributed by atoms with E-state index in [0.717, 1.165) is 0 Å². The van der Waals surface area contributed by atoms with Crippen molar-refractivity contribution < 1.29 is 17.9 Å². The van der Waals surface area contributed by atoms with Gasteiger partial charge in [-0.25, -0.2) is 13.4 Å². The number of carbonyl (C=O) groups excluding carboxylic acids is 1. The lowest BCUT2D eigenvalue weighted by Gasteiger charge is -2.27. The first-order valence-electron chi connectivity index (χ1n) is 7.47. The molecule has 1 aliphatic heterocycles. The third-order valence-corrected chi connectivity index (χ3v) is 4.95. The molecular formula is C16H17N3O4S. The molecule has 0 bridgehead atoms. The number of amides is 1. The molecule has 0 unspecified atom stereocenters. The quantitative estimate of drug-likeness (QED) is 0.902. The van der Waals surface area contributed by atoms with Gasteiger partial charge >= 0.3 is 0 Å². The Bertz CT molecular complexity index is 818. The van der Waals surface area contributed by atoms with Crippen LogP contribution < -0.4 is 4.72 Å². The van der Waals surface area contributed by atoms with Crippen LogP contribution in [0.15, 0.2) is 53.6 Å². The fraction of sp³-hybridized carbons (Fsp3) is 0.250. The summed E-state index contributed by atoms with van der Waals surface area (Å²) in [4.78, 5) is 18.1. The van der Waals surface area contributed by atoms with Crippen LogP contribution in [-0.4, -0.2) is 50.5 Å². The summed E-state index contributed by atoms with van der Waals surface area (Å²) in [6, 6.07) is 10.9. The van der Waals surface area contributed by atoms with Gasteiger partial charge in [0.15, 0.2) is 0 Å². The molecule has 0 aliphatic carbocycles. The van der Waals surface area contributed by atoms with E-state index >= 15 is 0 Å². The third-order valence-electron chi connectivity index (χ3n) is 3.59. The molecule has 1 aromatic carbocycles. The summed E-state index contributed by atoms with van der Waals surface area (Å²) in [5, 5.41) is 0. The van der Waals surface area contributed by atoms with Gasteiger partial charge in [0.1, 0.15) is 5.82 Å². The zero-order valence-corrected chi connectivity index (χ0v) is 13.7. The summed E-state index contributed by atoms with van der Waals surface area (Å²) in [5.41, 5.74) is 0.334. The summed E-state index contributed by atoms with van der Waals surface area (Å²) in [5.74, 6) is 0.0237. The fourth-order valence-electron chi connectivity index (χ4n) is 2.37. The van der Waals surface area contributed by atoms with Crippen LogP contribution in [0, 0.1) is 0 Å². The van der Waals surface area contributed by atoms with Crippen molar-refractivity contribution >= 4 is 21.7 Å². The van der Waals surface area contributed by atoms with Crippen LogP contribution in [0.4, 0.5) is 5.82 Å². The second kappa shape index (κ2) is 6.98. The van der Waals surface area contributed by atoms with E-state index in [1.165, 1.54) is 18.3 Å². The first-order chi connectivity index (χ1) is 11.6. The lowest BCUT2D eigenvalue weighted by molar-refractivity contribution is 0.0302. The normalized spacial score (nSPS) is 15.1. The average Bonchev–Trinajstić information content (AvgIpc) is 2.62. The topological polar surface area (TPSA) is 88.6 Å². The summed E-state index contributed by atoms with van der Waals surface area (Å²) in [6.45, 7) is 1.99. The first kappa shape index (κ1) is 16.4.